The number of unbranched alkanes of at least 4 members (excludes halogenated alkanes) is 2. The highest BCUT2D eigenvalue weighted by Gasteiger charge is 2.08. The molecule has 0 aliphatic carbocycles. The second-order valence-electron chi connectivity index (χ2n) is 3.24. The summed E-state index contributed by atoms with van der Waals surface area (Å²) in [5.41, 5.74) is 0.947. The maximum absolute atomic E-state index is 8.61. The lowest BCUT2D eigenvalue weighted by Gasteiger charge is -2.06. The van der Waals surface area contributed by atoms with Crippen LogP contribution in [0.3, 0.4) is 0 Å². The molecule has 0 radical (unpaired) electrons. The van der Waals surface area contributed by atoms with Crippen LogP contribution in [0.1, 0.15) is 36.6 Å². The zero-order valence-electron chi connectivity index (χ0n) is 7.98. The van der Waals surface area contributed by atoms with Gasteiger partial charge in [0.15, 0.2) is 5.16 Å². The van der Waals surface area contributed by atoms with Gasteiger partial charge in [0.2, 0.25) is 0 Å². The number of aliphatic hydroxyl groups excluding tert-OH is 1. The lowest BCUT2D eigenvalue weighted by atomic mass is 10.1. The Kier molecular flexibility index (Phi) is 5.44. The van der Waals surface area contributed by atoms with Gasteiger partial charge in [-0.2, -0.15) is 12.6 Å². The van der Waals surface area contributed by atoms with Gasteiger partial charge in [-0.3, -0.25) is 0 Å². The molecule has 0 saturated heterocycles. The minimum absolute atomic E-state index is 0.172. The van der Waals surface area contributed by atoms with Crippen molar-refractivity contribution in [3.05, 3.63) is 11.9 Å². The molecule has 2 N–H and O–H groups in total. The number of rotatable bonds is 6. The number of aromatic nitrogens is 2. The summed E-state index contributed by atoms with van der Waals surface area (Å²) in [5.74, 6) is 0. The molecule has 1 aromatic heterocycles. The number of thiol groups is 2. The van der Waals surface area contributed by atoms with Crippen LogP contribution in [-0.4, -0.2) is 21.7 Å². The van der Waals surface area contributed by atoms with E-state index in [1.54, 1.807) is 0 Å². The first-order valence-electron chi connectivity index (χ1n) is 4.77. The van der Waals surface area contributed by atoms with Crippen molar-refractivity contribution in [2.75, 3.05) is 6.61 Å². The first kappa shape index (κ1) is 11.9. The summed E-state index contributed by atoms with van der Waals surface area (Å²) in [4.78, 5) is 7.11. The molecule has 0 saturated carbocycles. The fourth-order valence-electron chi connectivity index (χ4n) is 1.27. The Bertz CT molecular complexity index is 265. The third-order valence-electron chi connectivity index (χ3n) is 2.06. The van der Waals surface area contributed by atoms with Crippen LogP contribution in [0.5, 0.6) is 0 Å². The highest BCUT2D eigenvalue weighted by molar-refractivity contribution is 7.80. The molecule has 0 spiro atoms. The lowest BCUT2D eigenvalue weighted by molar-refractivity contribution is 0.282. The van der Waals surface area contributed by atoms with Crippen LogP contribution in [0.25, 0.3) is 0 Å². The van der Waals surface area contributed by atoms with Gasteiger partial charge in [0.05, 0.1) is 5.69 Å². The monoisotopic (exact) mass is 232 g/mol. The average molecular weight is 232 g/mol. The number of nitrogens with one attached hydrogen (secondary N) is 1. The van der Waals surface area contributed by atoms with Crippen molar-refractivity contribution in [1.82, 2.24) is 9.97 Å². The van der Waals surface area contributed by atoms with Crippen LogP contribution < -0.4 is 0 Å². The maximum Gasteiger partial charge on any atom is 0.162 e. The molecule has 0 aromatic carbocycles. The summed E-state index contributed by atoms with van der Waals surface area (Å²) >= 11 is 8.55. The summed E-state index contributed by atoms with van der Waals surface area (Å²) in [7, 11) is 0. The third-order valence-corrected chi connectivity index (χ3v) is 2.81. The molecule has 5 heteroatoms. The van der Waals surface area contributed by atoms with E-state index in [9.17, 15) is 0 Å². The van der Waals surface area contributed by atoms with Crippen LogP contribution >= 0.6 is 25.3 Å². The quantitative estimate of drug-likeness (QED) is 0.449. The Morgan fingerprint density at radius 3 is 2.79 bits per heavy atom. The molecule has 0 amide bonds. The molecule has 0 aliphatic heterocycles. The molecular weight excluding hydrogens is 216 g/mol. The topological polar surface area (TPSA) is 48.9 Å². The molecule has 1 aromatic rings. The summed E-state index contributed by atoms with van der Waals surface area (Å²) in [6.45, 7) is 0.278. The van der Waals surface area contributed by atoms with Crippen LogP contribution in [0, 0.1) is 0 Å². The molecule has 0 aliphatic rings. The van der Waals surface area contributed by atoms with Crippen LogP contribution in [0.4, 0.5) is 0 Å². The van der Waals surface area contributed by atoms with E-state index in [1.165, 1.54) is 0 Å². The van der Waals surface area contributed by atoms with E-state index in [0.717, 1.165) is 31.4 Å². The molecular formula is C9H16N2OS2. The Morgan fingerprint density at radius 1 is 1.43 bits per heavy atom. The number of aliphatic hydroxyl groups is 1. The lowest BCUT2D eigenvalue weighted by Crippen LogP contribution is -1.92. The van der Waals surface area contributed by atoms with Crippen molar-refractivity contribution in [3.8, 4) is 0 Å². The minimum Gasteiger partial charge on any atom is -0.396 e. The Hall–Kier alpha value is -0.130. The fraction of sp³-hybridized carbons (Fsp3) is 0.667. The highest BCUT2D eigenvalue weighted by Crippen LogP contribution is 2.24. The average Bonchev–Trinajstić information content (AvgIpc) is 2.59. The molecule has 14 heavy (non-hydrogen) atoms. The molecule has 1 rings (SSSR count). The zero-order valence-corrected chi connectivity index (χ0v) is 9.77. The van der Waals surface area contributed by atoms with E-state index in [1.807, 2.05) is 6.20 Å². The number of imidazole rings is 1. The highest BCUT2D eigenvalue weighted by atomic mass is 32.1. The van der Waals surface area contributed by atoms with Crippen molar-refractivity contribution < 1.29 is 5.11 Å². The van der Waals surface area contributed by atoms with Crippen molar-refractivity contribution in [3.63, 3.8) is 0 Å². The second-order valence-corrected chi connectivity index (χ2v) is 4.28. The SMILES string of the molecule is OCCCCCC(S)c1c[nH]c(S)n1. The Labute approximate surface area is 95.2 Å². The van der Waals surface area contributed by atoms with Crippen molar-refractivity contribution in [2.24, 2.45) is 0 Å². The predicted octanol–water partition coefficient (Wildman–Crippen LogP) is 2.22. The predicted molar refractivity (Wildman–Crippen MR) is 63.1 cm³/mol. The fourth-order valence-corrected chi connectivity index (χ4v) is 1.77. The van der Waals surface area contributed by atoms with Crippen molar-refractivity contribution in [2.45, 2.75) is 36.1 Å². The summed E-state index contributed by atoms with van der Waals surface area (Å²) < 4.78 is 0. The van der Waals surface area contributed by atoms with Crippen LogP contribution in [-0.2, 0) is 0 Å². The van der Waals surface area contributed by atoms with Gasteiger partial charge in [-0.1, -0.05) is 12.8 Å². The third kappa shape index (κ3) is 3.94. The smallest absolute Gasteiger partial charge is 0.162 e. The largest absolute Gasteiger partial charge is 0.396 e. The van der Waals surface area contributed by atoms with Gasteiger partial charge in [0, 0.05) is 18.1 Å². The van der Waals surface area contributed by atoms with E-state index >= 15 is 0 Å². The van der Waals surface area contributed by atoms with Crippen LogP contribution in [0.15, 0.2) is 11.4 Å². The molecule has 0 bridgehead atoms. The number of aromatic amines is 1. The van der Waals surface area contributed by atoms with Gasteiger partial charge in [-0.05, 0) is 12.8 Å². The van der Waals surface area contributed by atoms with E-state index in [4.69, 9.17) is 5.11 Å². The Morgan fingerprint density at radius 2 is 2.21 bits per heavy atom. The van der Waals surface area contributed by atoms with E-state index < -0.39 is 0 Å². The van der Waals surface area contributed by atoms with Gasteiger partial charge in [0.1, 0.15) is 0 Å². The first-order valence-corrected chi connectivity index (χ1v) is 5.73. The molecule has 1 atom stereocenters. The number of H-pyrrole nitrogens is 1. The van der Waals surface area contributed by atoms with Crippen molar-refractivity contribution >= 4 is 25.3 Å². The maximum atomic E-state index is 8.61. The normalized spacial score (nSPS) is 13.1. The molecule has 1 unspecified atom stereocenters. The number of hydrogen-bond donors (Lipinski definition) is 4. The van der Waals surface area contributed by atoms with E-state index in [0.29, 0.717) is 5.16 Å². The van der Waals surface area contributed by atoms with Gasteiger partial charge in [0.25, 0.3) is 0 Å². The van der Waals surface area contributed by atoms with Gasteiger partial charge in [-0.15, -0.1) is 12.6 Å². The standard InChI is InChI=1S/C9H16N2OS2/c12-5-3-1-2-4-8(13)7-6-10-9(14)11-7/h6,8,12-13H,1-5H2,(H2,10,11,14). The first-order chi connectivity index (χ1) is 6.74. The molecule has 3 nitrogen and oxygen atoms in total. The van der Waals surface area contributed by atoms with Crippen LogP contribution in [0.2, 0.25) is 0 Å². The summed E-state index contributed by atoms with van der Waals surface area (Å²) in [5, 5.41) is 9.41. The van der Waals surface area contributed by atoms with Gasteiger partial charge < -0.3 is 10.1 Å². The molecule has 80 valence electrons. The molecule has 1 heterocycles. The second kappa shape index (κ2) is 6.37. The minimum atomic E-state index is 0.172. The number of hydrogen-bond acceptors (Lipinski definition) is 4. The Balaban J connectivity index is 2.25. The van der Waals surface area contributed by atoms with E-state index in [2.05, 4.69) is 35.2 Å². The number of nitrogens with zero attached hydrogens (tertiary/aromatic N) is 1. The van der Waals surface area contributed by atoms with Gasteiger partial charge in [-0.25, -0.2) is 4.98 Å². The van der Waals surface area contributed by atoms with E-state index in [-0.39, 0.29) is 11.9 Å². The zero-order chi connectivity index (χ0) is 10.4. The summed E-state index contributed by atoms with van der Waals surface area (Å²) in [6, 6.07) is 0. The summed E-state index contributed by atoms with van der Waals surface area (Å²) in [6.07, 6.45) is 5.82. The van der Waals surface area contributed by atoms with Crippen molar-refractivity contribution in [1.29, 1.82) is 0 Å². The van der Waals surface area contributed by atoms with Gasteiger partial charge >= 0.3 is 0 Å². The molecule has 0 fully saturated rings.